The quantitative estimate of drug-likeness (QED) is 0.731. The van der Waals surface area contributed by atoms with Crippen LogP contribution in [-0.4, -0.2) is 41.8 Å². The smallest absolute Gasteiger partial charge is 0.410 e. The molecule has 20 heavy (non-hydrogen) atoms. The van der Waals surface area contributed by atoms with E-state index in [2.05, 4.69) is 0 Å². The summed E-state index contributed by atoms with van der Waals surface area (Å²) in [6.07, 6.45) is 4.05. The normalized spacial score (nSPS) is 29.2. The van der Waals surface area contributed by atoms with Crippen LogP contribution >= 0.6 is 0 Å². The van der Waals surface area contributed by atoms with Crippen LogP contribution in [0.25, 0.3) is 0 Å². The number of carbonyl (C=O) groups excluding carboxylic acids is 2. The SMILES string of the molecule is COC(=O)CC1C[C@@H]2CC[C@@H](C1)N2C(=O)OC(C)(C)C. The molecule has 2 rings (SSSR count). The van der Waals surface area contributed by atoms with Gasteiger partial charge in [0.1, 0.15) is 5.60 Å². The predicted octanol–water partition coefficient (Wildman–Crippen LogP) is 2.73. The molecule has 2 aliphatic rings. The van der Waals surface area contributed by atoms with Crippen molar-refractivity contribution in [3.05, 3.63) is 0 Å². The van der Waals surface area contributed by atoms with Gasteiger partial charge in [-0.25, -0.2) is 4.79 Å². The Morgan fingerprint density at radius 1 is 1.15 bits per heavy atom. The standard InChI is InChI=1S/C15H25NO4/c1-15(2,3)20-14(18)16-11-5-6-12(16)8-10(7-11)9-13(17)19-4/h10-12H,5-9H2,1-4H3/t11-,12-/m0/s1. The molecule has 0 N–H and O–H groups in total. The van der Waals surface area contributed by atoms with Gasteiger partial charge in [0, 0.05) is 18.5 Å². The number of fused-ring (bicyclic) bond motifs is 2. The van der Waals surface area contributed by atoms with Gasteiger partial charge < -0.3 is 14.4 Å². The Kier molecular flexibility index (Phi) is 4.25. The van der Waals surface area contributed by atoms with Gasteiger partial charge in [-0.3, -0.25) is 4.79 Å². The molecule has 0 aromatic heterocycles. The monoisotopic (exact) mass is 283 g/mol. The Balaban J connectivity index is 1.96. The van der Waals surface area contributed by atoms with Crippen molar-refractivity contribution in [2.24, 2.45) is 5.92 Å². The van der Waals surface area contributed by atoms with E-state index in [0.29, 0.717) is 12.3 Å². The molecule has 0 saturated carbocycles. The Morgan fingerprint density at radius 3 is 2.15 bits per heavy atom. The second-order valence-corrected chi connectivity index (χ2v) is 6.89. The van der Waals surface area contributed by atoms with Gasteiger partial charge in [-0.1, -0.05) is 0 Å². The molecular weight excluding hydrogens is 258 g/mol. The highest BCUT2D eigenvalue weighted by atomic mass is 16.6. The van der Waals surface area contributed by atoms with Crippen LogP contribution in [0.2, 0.25) is 0 Å². The summed E-state index contributed by atoms with van der Waals surface area (Å²) in [5, 5.41) is 0. The highest BCUT2D eigenvalue weighted by Crippen LogP contribution is 2.40. The van der Waals surface area contributed by atoms with Crippen molar-refractivity contribution in [2.75, 3.05) is 7.11 Å². The third kappa shape index (κ3) is 3.44. The van der Waals surface area contributed by atoms with Crippen molar-refractivity contribution < 1.29 is 19.1 Å². The van der Waals surface area contributed by atoms with Gasteiger partial charge >= 0.3 is 12.1 Å². The summed E-state index contributed by atoms with van der Waals surface area (Å²) in [6, 6.07) is 0.441. The number of methoxy groups -OCH3 is 1. The second-order valence-electron chi connectivity index (χ2n) is 6.89. The Hall–Kier alpha value is -1.26. The number of hydrogen-bond acceptors (Lipinski definition) is 4. The Labute approximate surface area is 120 Å². The lowest BCUT2D eigenvalue weighted by Crippen LogP contribution is -2.48. The third-order valence-corrected chi connectivity index (χ3v) is 4.12. The van der Waals surface area contributed by atoms with Crippen LogP contribution in [0.3, 0.4) is 0 Å². The lowest BCUT2D eigenvalue weighted by atomic mass is 9.88. The summed E-state index contributed by atoms with van der Waals surface area (Å²) < 4.78 is 10.2. The molecule has 2 fully saturated rings. The number of nitrogens with zero attached hydrogens (tertiary/aromatic N) is 1. The highest BCUT2D eigenvalue weighted by molar-refractivity contribution is 5.71. The maximum absolute atomic E-state index is 12.3. The van der Waals surface area contributed by atoms with Crippen LogP contribution in [-0.2, 0) is 14.3 Å². The van der Waals surface area contributed by atoms with Crippen LogP contribution in [0.4, 0.5) is 4.79 Å². The summed E-state index contributed by atoms with van der Waals surface area (Å²) in [5.74, 6) is 0.179. The van der Waals surface area contributed by atoms with Gasteiger partial charge in [0.2, 0.25) is 0 Å². The first kappa shape index (κ1) is 15.1. The molecular formula is C15H25NO4. The minimum Gasteiger partial charge on any atom is -0.469 e. The van der Waals surface area contributed by atoms with E-state index in [4.69, 9.17) is 9.47 Å². The zero-order chi connectivity index (χ0) is 14.9. The van der Waals surface area contributed by atoms with Crippen molar-refractivity contribution in [3.8, 4) is 0 Å². The van der Waals surface area contributed by atoms with E-state index in [1.54, 1.807) is 0 Å². The first-order valence-electron chi connectivity index (χ1n) is 7.38. The van der Waals surface area contributed by atoms with Crippen LogP contribution in [0, 0.1) is 5.92 Å². The molecule has 1 amide bonds. The molecule has 5 heteroatoms. The second kappa shape index (κ2) is 5.62. The van der Waals surface area contributed by atoms with Crippen LogP contribution in [0.1, 0.15) is 52.9 Å². The molecule has 2 heterocycles. The van der Waals surface area contributed by atoms with Gasteiger partial charge in [0.25, 0.3) is 0 Å². The number of ether oxygens (including phenoxy) is 2. The molecule has 114 valence electrons. The zero-order valence-corrected chi connectivity index (χ0v) is 12.8. The Morgan fingerprint density at radius 2 is 1.70 bits per heavy atom. The number of carbonyl (C=O) groups is 2. The fraction of sp³-hybridized carbons (Fsp3) is 0.867. The van der Waals surface area contributed by atoms with E-state index in [9.17, 15) is 9.59 Å². The number of hydrogen-bond donors (Lipinski definition) is 0. The largest absolute Gasteiger partial charge is 0.469 e. The summed E-state index contributed by atoms with van der Waals surface area (Å²) in [5.41, 5.74) is -0.459. The van der Waals surface area contributed by atoms with E-state index in [-0.39, 0.29) is 24.1 Å². The number of piperidine rings is 1. The molecule has 2 atom stereocenters. The minimum atomic E-state index is -0.459. The average Bonchev–Trinajstić information content (AvgIpc) is 2.59. The van der Waals surface area contributed by atoms with Crippen molar-refractivity contribution in [2.45, 2.75) is 70.6 Å². The first-order valence-corrected chi connectivity index (χ1v) is 7.38. The van der Waals surface area contributed by atoms with Gasteiger partial charge in [-0.05, 0) is 52.4 Å². The van der Waals surface area contributed by atoms with E-state index in [1.807, 2.05) is 25.7 Å². The molecule has 0 radical (unpaired) electrons. The van der Waals surface area contributed by atoms with Crippen LogP contribution in [0.15, 0.2) is 0 Å². The van der Waals surface area contributed by atoms with Gasteiger partial charge in [-0.2, -0.15) is 0 Å². The summed E-state index contributed by atoms with van der Waals surface area (Å²) >= 11 is 0. The lowest BCUT2D eigenvalue weighted by Gasteiger charge is -2.39. The van der Waals surface area contributed by atoms with Gasteiger partial charge in [-0.15, -0.1) is 0 Å². The molecule has 0 aliphatic carbocycles. The average molecular weight is 283 g/mol. The maximum Gasteiger partial charge on any atom is 0.410 e. The molecule has 2 saturated heterocycles. The molecule has 5 nitrogen and oxygen atoms in total. The lowest BCUT2D eigenvalue weighted by molar-refractivity contribution is -0.142. The van der Waals surface area contributed by atoms with E-state index < -0.39 is 5.60 Å². The van der Waals surface area contributed by atoms with E-state index in [0.717, 1.165) is 25.7 Å². The van der Waals surface area contributed by atoms with Crippen molar-refractivity contribution in [3.63, 3.8) is 0 Å². The molecule has 0 aromatic carbocycles. The first-order chi connectivity index (χ1) is 9.30. The van der Waals surface area contributed by atoms with Crippen molar-refractivity contribution in [1.82, 2.24) is 4.90 Å². The molecule has 0 aromatic rings. The summed E-state index contributed by atoms with van der Waals surface area (Å²) in [4.78, 5) is 25.6. The highest BCUT2D eigenvalue weighted by Gasteiger charge is 2.45. The van der Waals surface area contributed by atoms with Crippen LogP contribution in [0.5, 0.6) is 0 Å². The summed E-state index contributed by atoms with van der Waals surface area (Å²) in [6.45, 7) is 5.66. The van der Waals surface area contributed by atoms with Gasteiger partial charge in [0.15, 0.2) is 0 Å². The topological polar surface area (TPSA) is 55.8 Å². The maximum atomic E-state index is 12.3. The van der Waals surface area contributed by atoms with E-state index >= 15 is 0 Å². The Bertz CT molecular complexity index is 374. The molecule has 2 bridgehead atoms. The van der Waals surface area contributed by atoms with Crippen molar-refractivity contribution in [1.29, 1.82) is 0 Å². The number of esters is 1. The number of amides is 1. The minimum absolute atomic E-state index is 0.153. The third-order valence-electron chi connectivity index (χ3n) is 4.12. The van der Waals surface area contributed by atoms with Gasteiger partial charge in [0.05, 0.1) is 7.11 Å². The van der Waals surface area contributed by atoms with Crippen LogP contribution < -0.4 is 0 Å². The zero-order valence-electron chi connectivity index (χ0n) is 12.8. The fourth-order valence-corrected chi connectivity index (χ4v) is 3.39. The molecule has 0 spiro atoms. The molecule has 2 aliphatic heterocycles. The molecule has 0 unspecified atom stereocenters. The van der Waals surface area contributed by atoms with E-state index in [1.165, 1.54) is 7.11 Å². The summed E-state index contributed by atoms with van der Waals surface area (Å²) in [7, 11) is 1.42. The fourth-order valence-electron chi connectivity index (χ4n) is 3.39. The predicted molar refractivity (Wildman–Crippen MR) is 74.2 cm³/mol. The van der Waals surface area contributed by atoms with Crippen molar-refractivity contribution >= 4 is 12.1 Å². The number of rotatable bonds is 2.